The molecule has 2 saturated heterocycles. The Bertz CT molecular complexity index is 1100. The van der Waals surface area contributed by atoms with Crippen LogP contribution in [0.1, 0.15) is 43.2 Å². The number of rotatable bonds is 7. The molecule has 2 fully saturated rings. The van der Waals surface area contributed by atoms with Crippen LogP contribution >= 0.6 is 0 Å². The maximum absolute atomic E-state index is 13.0. The molecule has 2 aromatic rings. The SMILES string of the molecule is CCC(C(=O)Oc1ccc(S(=O)(=O)N2CCN(C)CC2)cc1C)c1ccc(N2CCCC2)cc1. The fourth-order valence-corrected chi connectivity index (χ4v) is 6.19. The van der Waals surface area contributed by atoms with Crippen molar-refractivity contribution in [2.45, 2.75) is 43.9 Å². The highest BCUT2D eigenvalue weighted by Crippen LogP contribution is 2.29. The predicted molar refractivity (Wildman–Crippen MR) is 134 cm³/mol. The molecule has 0 saturated carbocycles. The van der Waals surface area contributed by atoms with Gasteiger partial charge in [0.1, 0.15) is 5.75 Å². The molecule has 1 unspecified atom stereocenters. The highest BCUT2D eigenvalue weighted by atomic mass is 32.2. The topological polar surface area (TPSA) is 70.2 Å². The molecule has 7 nitrogen and oxygen atoms in total. The lowest BCUT2D eigenvalue weighted by molar-refractivity contribution is -0.136. The first kappa shape index (κ1) is 24.7. The monoisotopic (exact) mass is 485 g/mol. The Labute approximate surface area is 203 Å². The maximum Gasteiger partial charge on any atom is 0.318 e. The molecule has 1 atom stereocenters. The lowest BCUT2D eigenvalue weighted by Gasteiger charge is -2.31. The number of carbonyl (C=O) groups is 1. The van der Waals surface area contributed by atoms with Gasteiger partial charge in [-0.1, -0.05) is 19.1 Å². The Morgan fingerprint density at radius 3 is 2.21 bits per heavy atom. The van der Waals surface area contributed by atoms with Gasteiger partial charge in [0.15, 0.2) is 0 Å². The third-order valence-corrected chi connectivity index (χ3v) is 8.81. The minimum atomic E-state index is -3.57. The van der Waals surface area contributed by atoms with E-state index < -0.39 is 10.0 Å². The summed E-state index contributed by atoms with van der Waals surface area (Å²) in [5.41, 5.74) is 2.75. The fraction of sp³-hybridized carbons (Fsp3) is 0.500. The van der Waals surface area contributed by atoms with Crippen LogP contribution in [0.3, 0.4) is 0 Å². The number of likely N-dealkylation sites (N-methyl/N-ethyl adjacent to an activating group) is 1. The van der Waals surface area contributed by atoms with Crippen LogP contribution < -0.4 is 9.64 Å². The summed E-state index contributed by atoms with van der Waals surface area (Å²) < 4.78 is 33.3. The van der Waals surface area contributed by atoms with Crippen LogP contribution in [-0.4, -0.2) is 69.9 Å². The summed E-state index contributed by atoms with van der Waals surface area (Å²) in [5.74, 6) is -0.301. The zero-order chi connectivity index (χ0) is 24.3. The Morgan fingerprint density at radius 2 is 1.62 bits per heavy atom. The van der Waals surface area contributed by atoms with Crippen molar-refractivity contribution in [3.63, 3.8) is 0 Å². The van der Waals surface area contributed by atoms with Gasteiger partial charge < -0.3 is 14.5 Å². The largest absolute Gasteiger partial charge is 0.426 e. The second kappa shape index (κ2) is 10.5. The lowest BCUT2D eigenvalue weighted by atomic mass is 9.96. The van der Waals surface area contributed by atoms with Crippen LogP contribution in [0.2, 0.25) is 0 Å². The van der Waals surface area contributed by atoms with Gasteiger partial charge in [-0.25, -0.2) is 8.42 Å². The minimum Gasteiger partial charge on any atom is -0.426 e. The van der Waals surface area contributed by atoms with Gasteiger partial charge in [-0.2, -0.15) is 4.31 Å². The maximum atomic E-state index is 13.0. The Balaban J connectivity index is 1.45. The average Bonchev–Trinajstić information content (AvgIpc) is 3.36. The molecule has 0 bridgehead atoms. The van der Waals surface area contributed by atoms with E-state index >= 15 is 0 Å². The van der Waals surface area contributed by atoms with Gasteiger partial charge in [-0.15, -0.1) is 0 Å². The summed E-state index contributed by atoms with van der Waals surface area (Å²) in [6, 6.07) is 12.9. The van der Waals surface area contributed by atoms with E-state index in [4.69, 9.17) is 4.74 Å². The smallest absolute Gasteiger partial charge is 0.318 e. The van der Waals surface area contributed by atoms with E-state index in [2.05, 4.69) is 21.9 Å². The van der Waals surface area contributed by atoms with Crippen LogP contribution in [-0.2, 0) is 14.8 Å². The van der Waals surface area contributed by atoms with Crippen LogP contribution in [0, 0.1) is 6.92 Å². The first-order valence-corrected chi connectivity index (χ1v) is 13.6. The molecule has 0 spiro atoms. The standard InChI is InChI=1S/C26H35N3O4S/c1-4-24(21-7-9-22(10-8-21)28-13-5-6-14-28)26(30)33-25-12-11-23(19-20(25)2)34(31,32)29-17-15-27(3)16-18-29/h7-12,19,24H,4-6,13-18H2,1-3H3. The zero-order valence-electron chi connectivity index (χ0n) is 20.4. The third-order valence-electron chi connectivity index (χ3n) is 6.92. The fourth-order valence-electron chi connectivity index (χ4n) is 4.69. The number of sulfonamides is 1. The molecule has 0 radical (unpaired) electrons. The number of nitrogens with zero attached hydrogens (tertiary/aromatic N) is 3. The second-order valence-electron chi connectivity index (χ2n) is 9.30. The average molecular weight is 486 g/mol. The first-order valence-electron chi connectivity index (χ1n) is 12.2. The van der Waals surface area contributed by atoms with E-state index in [0.29, 0.717) is 43.9 Å². The van der Waals surface area contributed by atoms with Gasteiger partial charge in [-0.3, -0.25) is 4.79 Å². The molecule has 4 rings (SSSR count). The minimum absolute atomic E-state index is 0.235. The molecular weight excluding hydrogens is 450 g/mol. The van der Waals surface area contributed by atoms with Crippen molar-refractivity contribution in [2.75, 3.05) is 51.2 Å². The van der Waals surface area contributed by atoms with Gasteiger partial charge >= 0.3 is 5.97 Å². The van der Waals surface area contributed by atoms with Crippen molar-refractivity contribution >= 4 is 21.7 Å². The first-order chi connectivity index (χ1) is 16.3. The van der Waals surface area contributed by atoms with Gasteiger partial charge in [0.2, 0.25) is 10.0 Å². The number of anilines is 1. The van der Waals surface area contributed by atoms with Crippen LogP contribution in [0.15, 0.2) is 47.4 Å². The van der Waals surface area contributed by atoms with E-state index in [0.717, 1.165) is 18.7 Å². The number of benzene rings is 2. The van der Waals surface area contributed by atoms with Crippen LogP contribution in [0.25, 0.3) is 0 Å². The van der Waals surface area contributed by atoms with E-state index in [1.807, 2.05) is 26.1 Å². The number of esters is 1. The number of hydrogen-bond acceptors (Lipinski definition) is 6. The van der Waals surface area contributed by atoms with Crippen LogP contribution in [0.5, 0.6) is 5.75 Å². The van der Waals surface area contributed by atoms with Crippen LogP contribution in [0.4, 0.5) is 5.69 Å². The van der Waals surface area contributed by atoms with Crippen molar-refractivity contribution in [1.82, 2.24) is 9.21 Å². The lowest BCUT2D eigenvalue weighted by Crippen LogP contribution is -2.47. The highest BCUT2D eigenvalue weighted by Gasteiger charge is 2.28. The molecule has 0 aromatic heterocycles. The summed E-state index contributed by atoms with van der Waals surface area (Å²) >= 11 is 0. The number of carbonyl (C=O) groups excluding carboxylic acids is 1. The predicted octanol–water partition coefficient (Wildman–Crippen LogP) is 3.63. The van der Waals surface area contributed by atoms with Gasteiger partial charge in [0.05, 0.1) is 10.8 Å². The van der Waals surface area contributed by atoms with Crippen molar-refractivity contribution in [2.24, 2.45) is 0 Å². The number of ether oxygens (including phenoxy) is 1. The Morgan fingerprint density at radius 1 is 0.971 bits per heavy atom. The summed E-state index contributed by atoms with van der Waals surface area (Å²) in [5, 5.41) is 0. The Kier molecular flexibility index (Phi) is 7.60. The van der Waals surface area contributed by atoms with Crippen molar-refractivity contribution in [3.8, 4) is 5.75 Å². The van der Waals surface area contributed by atoms with Gasteiger partial charge in [-0.05, 0) is 74.7 Å². The summed E-state index contributed by atoms with van der Waals surface area (Å²) in [6.07, 6.45) is 3.07. The highest BCUT2D eigenvalue weighted by molar-refractivity contribution is 7.89. The number of piperazine rings is 1. The number of aryl methyl sites for hydroxylation is 1. The molecule has 0 amide bonds. The molecule has 0 aliphatic carbocycles. The molecule has 2 heterocycles. The summed E-state index contributed by atoms with van der Waals surface area (Å²) in [4.78, 5) is 17.7. The summed E-state index contributed by atoms with van der Waals surface area (Å²) in [6.45, 7) is 8.29. The van der Waals surface area contributed by atoms with Crippen molar-refractivity contribution in [1.29, 1.82) is 0 Å². The third kappa shape index (κ3) is 5.29. The molecule has 2 aromatic carbocycles. The molecular formula is C26H35N3O4S. The molecule has 0 N–H and O–H groups in total. The summed E-state index contributed by atoms with van der Waals surface area (Å²) in [7, 11) is -1.58. The molecule has 2 aliphatic heterocycles. The van der Waals surface area contributed by atoms with E-state index in [9.17, 15) is 13.2 Å². The number of hydrogen-bond donors (Lipinski definition) is 0. The van der Waals surface area contributed by atoms with E-state index in [-0.39, 0.29) is 16.8 Å². The molecule has 2 aliphatic rings. The van der Waals surface area contributed by atoms with Gasteiger partial charge in [0.25, 0.3) is 0 Å². The molecule has 184 valence electrons. The quantitative estimate of drug-likeness (QED) is 0.441. The van der Waals surface area contributed by atoms with Gasteiger partial charge in [0, 0.05) is 45.0 Å². The van der Waals surface area contributed by atoms with Crippen molar-refractivity contribution in [3.05, 3.63) is 53.6 Å². The van der Waals surface area contributed by atoms with E-state index in [1.165, 1.54) is 28.9 Å². The zero-order valence-corrected chi connectivity index (χ0v) is 21.2. The second-order valence-corrected chi connectivity index (χ2v) is 11.2. The normalized spacial score (nSPS) is 18.7. The molecule has 8 heteroatoms. The van der Waals surface area contributed by atoms with Crippen molar-refractivity contribution < 1.29 is 17.9 Å². The van der Waals surface area contributed by atoms with E-state index in [1.54, 1.807) is 19.1 Å². The Hall–Kier alpha value is -2.42. The molecule has 34 heavy (non-hydrogen) atoms.